The van der Waals surface area contributed by atoms with Crippen LogP contribution in [0, 0.1) is 0 Å². The van der Waals surface area contributed by atoms with Gasteiger partial charge in [0.15, 0.2) is 0 Å². The molecule has 19 heavy (non-hydrogen) atoms. The average Bonchev–Trinajstić information content (AvgIpc) is 2.93. The van der Waals surface area contributed by atoms with Gasteiger partial charge < -0.3 is 16.0 Å². The van der Waals surface area contributed by atoms with Crippen LogP contribution in [0.15, 0.2) is 18.3 Å². The second-order valence-electron chi connectivity index (χ2n) is 5.11. The molecule has 0 spiro atoms. The van der Waals surface area contributed by atoms with E-state index in [2.05, 4.69) is 22.2 Å². The minimum atomic E-state index is 0.389. The molecule has 0 radical (unpaired) electrons. The van der Waals surface area contributed by atoms with Crippen molar-refractivity contribution in [2.45, 2.75) is 31.7 Å². The summed E-state index contributed by atoms with van der Waals surface area (Å²) in [7, 11) is 2.20. The third-order valence-corrected chi connectivity index (χ3v) is 4.00. The number of rotatable bonds is 6. The molecule has 2 rings (SSSR count). The van der Waals surface area contributed by atoms with Crippen LogP contribution < -0.4 is 11.1 Å². The standard InChI is InChI=1S/C14H22N4S/c1-18(11-5-2-3-6-11)10-9-17-14-12(13(15)19)7-4-8-16-14/h4,7-8,11H,2-3,5-6,9-10H2,1H3,(H2,15,19)(H,16,17). The first-order valence-electron chi connectivity index (χ1n) is 6.87. The second kappa shape index (κ2) is 6.82. The van der Waals surface area contributed by atoms with E-state index >= 15 is 0 Å². The Bertz CT molecular complexity index is 429. The lowest BCUT2D eigenvalue weighted by molar-refractivity contribution is 0.254. The summed E-state index contributed by atoms with van der Waals surface area (Å²) in [5, 5.41) is 3.33. The van der Waals surface area contributed by atoms with Gasteiger partial charge in [0.05, 0.1) is 5.56 Å². The Morgan fingerprint density at radius 2 is 2.26 bits per heavy atom. The van der Waals surface area contributed by atoms with Gasteiger partial charge in [0.1, 0.15) is 10.8 Å². The molecule has 0 saturated heterocycles. The number of hydrogen-bond donors (Lipinski definition) is 2. The number of hydrogen-bond acceptors (Lipinski definition) is 4. The fourth-order valence-corrected chi connectivity index (χ4v) is 2.79. The van der Waals surface area contributed by atoms with Gasteiger partial charge in [-0.25, -0.2) is 4.98 Å². The first-order chi connectivity index (χ1) is 9.18. The Labute approximate surface area is 120 Å². The smallest absolute Gasteiger partial charge is 0.136 e. The van der Waals surface area contributed by atoms with Crippen molar-refractivity contribution in [1.82, 2.24) is 9.88 Å². The van der Waals surface area contributed by atoms with Gasteiger partial charge in [0, 0.05) is 25.3 Å². The summed E-state index contributed by atoms with van der Waals surface area (Å²) in [6.07, 6.45) is 7.16. The lowest BCUT2D eigenvalue weighted by atomic mass is 10.2. The van der Waals surface area contributed by atoms with Gasteiger partial charge in [-0.2, -0.15) is 0 Å². The summed E-state index contributed by atoms with van der Waals surface area (Å²) in [6, 6.07) is 4.50. The molecule has 104 valence electrons. The van der Waals surface area contributed by atoms with Gasteiger partial charge >= 0.3 is 0 Å². The summed E-state index contributed by atoms with van der Waals surface area (Å²) in [4.78, 5) is 7.12. The average molecular weight is 278 g/mol. The van der Waals surface area contributed by atoms with Crippen LogP contribution in [0.3, 0.4) is 0 Å². The van der Waals surface area contributed by atoms with E-state index in [4.69, 9.17) is 18.0 Å². The predicted octanol–water partition coefficient (Wildman–Crippen LogP) is 2.00. The number of nitrogens with zero attached hydrogens (tertiary/aromatic N) is 2. The van der Waals surface area contributed by atoms with Crippen molar-refractivity contribution < 1.29 is 0 Å². The number of pyridine rings is 1. The Hall–Kier alpha value is -1.20. The number of nitrogens with one attached hydrogen (secondary N) is 1. The zero-order valence-electron chi connectivity index (χ0n) is 11.4. The molecule has 0 aromatic carbocycles. The lowest BCUT2D eigenvalue weighted by Gasteiger charge is -2.24. The SMILES string of the molecule is CN(CCNc1ncccc1C(N)=S)C1CCCC1. The van der Waals surface area contributed by atoms with Crippen LogP contribution in [0.25, 0.3) is 0 Å². The van der Waals surface area contributed by atoms with Gasteiger partial charge in [0.2, 0.25) is 0 Å². The van der Waals surface area contributed by atoms with Crippen LogP contribution >= 0.6 is 12.2 Å². The minimum Gasteiger partial charge on any atom is -0.389 e. The number of nitrogens with two attached hydrogens (primary N) is 1. The normalized spacial score (nSPS) is 15.9. The fraction of sp³-hybridized carbons (Fsp3) is 0.571. The maximum absolute atomic E-state index is 5.69. The molecule has 1 saturated carbocycles. The highest BCUT2D eigenvalue weighted by Gasteiger charge is 2.18. The van der Waals surface area contributed by atoms with Crippen LogP contribution in [0.1, 0.15) is 31.2 Å². The van der Waals surface area contributed by atoms with E-state index in [9.17, 15) is 0 Å². The van der Waals surface area contributed by atoms with Crippen molar-refractivity contribution in [2.24, 2.45) is 5.73 Å². The van der Waals surface area contributed by atoms with E-state index in [1.54, 1.807) is 6.20 Å². The van der Waals surface area contributed by atoms with Crippen molar-refractivity contribution in [2.75, 3.05) is 25.5 Å². The maximum Gasteiger partial charge on any atom is 0.136 e. The zero-order chi connectivity index (χ0) is 13.7. The Kier molecular flexibility index (Phi) is 5.10. The molecule has 0 aliphatic heterocycles. The molecule has 1 aromatic heterocycles. The van der Waals surface area contributed by atoms with E-state index in [1.165, 1.54) is 25.7 Å². The van der Waals surface area contributed by atoms with E-state index in [0.29, 0.717) is 4.99 Å². The molecule has 3 N–H and O–H groups in total. The highest BCUT2D eigenvalue weighted by Crippen LogP contribution is 2.22. The van der Waals surface area contributed by atoms with Crippen molar-refractivity contribution in [3.63, 3.8) is 0 Å². The third kappa shape index (κ3) is 3.88. The molecule has 1 aliphatic rings. The molecule has 1 aromatic rings. The molecular formula is C14H22N4S. The van der Waals surface area contributed by atoms with E-state index in [0.717, 1.165) is 30.5 Å². The number of likely N-dealkylation sites (N-methyl/N-ethyl adjacent to an activating group) is 1. The van der Waals surface area contributed by atoms with Crippen LogP contribution in [0.4, 0.5) is 5.82 Å². The van der Waals surface area contributed by atoms with Crippen molar-refractivity contribution >= 4 is 23.0 Å². The molecule has 0 atom stereocenters. The minimum absolute atomic E-state index is 0.389. The molecular weight excluding hydrogens is 256 g/mol. The highest BCUT2D eigenvalue weighted by molar-refractivity contribution is 7.80. The summed E-state index contributed by atoms with van der Waals surface area (Å²) in [5.74, 6) is 0.787. The predicted molar refractivity (Wildman–Crippen MR) is 83.5 cm³/mol. The zero-order valence-corrected chi connectivity index (χ0v) is 12.2. The van der Waals surface area contributed by atoms with Gasteiger partial charge in [0.25, 0.3) is 0 Å². The molecule has 1 aliphatic carbocycles. The van der Waals surface area contributed by atoms with Gasteiger partial charge in [-0.15, -0.1) is 0 Å². The molecule has 5 heteroatoms. The van der Waals surface area contributed by atoms with E-state index < -0.39 is 0 Å². The van der Waals surface area contributed by atoms with Gasteiger partial charge in [-0.3, -0.25) is 0 Å². The molecule has 1 fully saturated rings. The van der Waals surface area contributed by atoms with Crippen molar-refractivity contribution in [3.8, 4) is 0 Å². The summed E-state index contributed by atoms with van der Waals surface area (Å²) < 4.78 is 0. The molecule has 0 bridgehead atoms. The third-order valence-electron chi connectivity index (χ3n) is 3.78. The molecule has 1 heterocycles. The van der Waals surface area contributed by atoms with Gasteiger partial charge in [-0.05, 0) is 32.0 Å². The van der Waals surface area contributed by atoms with Gasteiger partial charge in [-0.1, -0.05) is 25.1 Å². The fourth-order valence-electron chi connectivity index (χ4n) is 2.62. The maximum atomic E-state index is 5.69. The molecule has 0 unspecified atom stereocenters. The topological polar surface area (TPSA) is 54.2 Å². The molecule has 4 nitrogen and oxygen atoms in total. The highest BCUT2D eigenvalue weighted by atomic mass is 32.1. The first kappa shape index (κ1) is 14.2. The number of aromatic nitrogens is 1. The van der Waals surface area contributed by atoms with Crippen molar-refractivity contribution in [3.05, 3.63) is 23.9 Å². The van der Waals surface area contributed by atoms with E-state index in [-0.39, 0.29) is 0 Å². The lowest BCUT2D eigenvalue weighted by Crippen LogP contribution is -2.33. The summed E-state index contributed by atoms with van der Waals surface area (Å²) in [5.41, 5.74) is 6.51. The van der Waals surface area contributed by atoms with E-state index in [1.807, 2.05) is 12.1 Å². The van der Waals surface area contributed by atoms with Crippen LogP contribution in [0.2, 0.25) is 0 Å². The Morgan fingerprint density at radius 1 is 1.53 bits per heavy atom. The monoisotopic (exact) mass is 278 g/mol. The Balaban J connectivity index is 1.83. The number of thiocarbonyl (C=S) groups is 1. The quantitative estimate of drug-likeness (QED) is 0.780. The Morgan fingerprint density at radius 3 is 2.95 bits per heavy atom. The first-order valence-corrected chi connectivity index (χ1v) is 7.28. The van der Waals surface area contributed by atoms with Crippen LogP contribution in [-0.4, -0.2) is 41.1 Å². The van der Waals surface area contributed by atoms with Crippen LogP contribution in [0.5, 0.6) is 0 Å². The molecule has 0 amide bonds. The summed E-state index contributed by atoms with van der Waals surface area (Å²) >= 11 is 5.03. The largest absolute Gasteiger partial charge is 0.389 e. The summed E-state index contributed by atoms with van der Waals surface area (Å²) in [6.45, 7) is 1.87. The second-order valence-corrected chi connectivity index (χ2v) is 5.55. The van der Waals surface area contributed by atoms with Crippen LogP contribution in [-0.2, 0) is 0 Å². The number of anilines is 1. The van der Waals surface area contributed by atoms with Crippen molar-refractivity contribution in [1.29, 1.82) is 0 Å².